The Morgan fingerprint density at radius 2 is 1.84 bits per heavy atom. The second kappa shape index (κ2) is 3.62. The highest BCUT2D eigenvalue weighted by Gasteiger charge is 2.63. The van der Waals surface area contributed by atoms with Gasteiger partial charge < -0.3 is 4.74 Å². The molecule has 2 nitrogen and oxygen atoms in total. The van der Waals surface area contributed by atoms with E-state index in [-0.39, 0.29) is 28.8 Å². The van der Waals surface area contributed by atoms with Crippen molar-refractivity contribution < 1.29 is 9.53 Å². The minimum Gasteiger partial charge on any atom is -0.457 e. The predicted molar refractivity (Wildman–Crippen MR) is 75.5 cm³/mol. The van der Waals surface area contributed by atoms with Crippen LogP contribution in [0.3, 0.4) is 0 Å². The van der Waals surface area contributed by atoms with Gasteiger partial charge in [0.1, 0.15) is 6.10 Å². The van der Waals surface area contributed by atoms with Gasteiger partial charge in [-0.2, -0.15) is 0 Å². The van der Waals surface area contributed by atoms with Crippen molar-refractivity contribution in [3.63, 3.8) is 0 Å². The van der Waals surface area contributed by atoms with E-state index in [4.69, 9.17) is 4.74 Å². The molecule has 1 aliphatic heterocycles. The molecule has 0 aromatic rings. The van der Waals surface area contributed by atoms with Crippen molar-refractivity contribution in [2.24, 2.45) is 16.7 Å². The monoisotopic (exact) mass is 258 g/mol. The van der Waals surface area contributed by atoms with Crippen molar-refractivity contribution in [2.75, 3.05) is 0 Å². The summed E-state index contributed by atoms with van der Waals surface area (Å²) in [7, 11) is 0. The summed E-state index contributed by atoms with van der Waals surface area (Å²) in [6.45, 7) is 17.0. The number of esters is 1. The molecule has 2 saturated carbocycles. The fourth-order valence-corrected chi connectivity index (χ4v) is 4.43. The van der Waals surface area contributed by atoms with Gasteiger partial charge in [0.15, 0.2) is 0 Å². The highest BCUT2D eigenvalue weighted by Crippen LogP contribution is 2.66. The maximum Gasteiger partial charge on any atom is 0.334 e. The number of carbonyl (C=O) groups is 1. The molecule has 102 valence electrons. The maximum absolute atomic E-state index is 11.9. The van der Waals surface area contributed by atoms with E-state index in [1.807, 2.05) is 0 Å². The molecule has 2 aliphatic carbocycles. The molecule has 0 amide bonds. The summed E-state index contributed by atoms with van der Waals surface area (Å²) in [4.78, 5) is 11.9. The third kappa shape index (κ3) is 1.30. The summed E-state index contributed by atoms with van der Waals surface area (Å²) < 4.78 is 5.72. The van der Waals surface area contributed by atoms with Crippen molar-refractivity contribution in [2.45, 2.75) is 45.6 Å². The SMILES string of the molecule is C=C1C(=O)OC2C1CCC(=C)C1(C)CCC(=C)C21C. The molecule has 0 spiro atoms. The van der Waals surface area contributed by atoms with Crippen LogP contribution in [0.5, 0.6) is 0 Å². The van der Waals surface area contributed by atoms with Crippen LogP contribution in [0.1, 0.15) is 39.5 Å². The van der Waals surface area contributed by atoms with Crippen LogP contribution in [0, 0.1) is 16.7 Å². The molecule has 4 atom stereocenters. The molecule has 3 rings (SSSR count). The summed E-state index contributed by atoms with van der Waals surface area (Å²) in [6, 6.07) is 0. The van der Waals surface area contributed by atoms with Gasteiger partial charge in [-0.25, -0.2) is 4.79 Å². The van der Waals surface area contributed by atoms with Crippen LogP contribution in [-0.4, -0.2) is 12.1 Å². The maximum atomic E-state index is 11.9. The Morgan fingerprint density at radius 1 is 1.16 bits per heavy atom. The number of hydrogen-bond donors (Lipinski definition) is 0. The lowest BCUT2D eigenvalue weighted by atomic mass is 9.60. The summed E-state index contributed by atoms with van der Waals surface area (Å²) in [5.74, 6) is -0.0864. The van der Waals surface area contributed by atoms with E-state index in [1.165, 1.54) is 11.1 Å². The second-order valence-corrected chi connectivity index (χ2v) is 6.74. The van der Waals surface area contributed by atoms with E-state index in [0.717, 1.165) is 25.7 Å². The molecule has 2 heteroatoms. The first-order valence-corrected chi connectivity index (χ1v) is 7.08. The molecule has 19 heavy (non-hydrogen) atoms. The van der Waals surface area contributed by atoms with Gasteiger partial charge in [-0.1, -0.05) is 44.7 Å². The smallest absolute Gasteiger partial charge is 0.334 e. The quantitative estimate of drug-likeness (QED) is 0.375. The molecule has 0 aromatic carbocycles. The van der Waals surface area contributed by atoms with Gasteiger partial charge in [-0.3, -0.25) is 0 Å². The average Bonchev–Trinajstić information content (AvgIpc) is 2.76. The highest BCUT2D eigenvalue weighted by molar-refractivity contribution is 5.91. The molecule has 0 aromatic heterocycles. The van der Waals surface area contributed by atoms with E-state index < -0.39 is 0 Å². The van der Waals surface area contributed by atoms with Crippen LogP contribution in [0.4, 0.5) is 0 Å². The lowest BCUT2D eigenvalue weighted by molar-refractivity contribution is -0.145. The summed E-state index contributed by atoms with van der Waals surface area (Å²) in [5.41, 5.74) is 2.93. The fourth-order valence-electron chi connectivity index (χ4n) is 4.43. The van der Waals surface area contributed by atoms with Crippen LogP contribution in [0.25, 0.3) is 0 Å². The molecule has 3 fully saturated rings. The van der Waals surface area contributed by atoms with Crippen molar-refractivity contribution in [3.05, 3.63) is 36.5 Å². The van der Waals surface area contributed by atoms with Gasteiger partial charge in [0.2, 0.25) is 0 Å². The normalized spacial score (nSPS) is 45.8. The Morgan fingerprint density at radius 3 is 2.53 bits per heavy atom. The van der Waals surface area contributed by atoms with E-state index in [9.17, 15) is 4.79 Å². The molecule has 0 N–H and O–H groups in total. The van der Waals surface area contributed by atoms with Gasteiger partial charge in [0, 0.05) is 22.3 Å². The molecule has 1 saturated heterocycles. The third-order valence-corrected chi connectivity index (χ3v) is 6.22. The number of carbonyl (C=O) groups excluding carboxylic acids is 1. The van der Waals surface area contributed by atoms with Gasteiger partial charge >= 0.3 is 5.97 Å². The summed E-state index contributed by atoms with van der Waals surface area (Å²) in [5, 5.41) is 0. The lowest BCUT2D eigenvalue weighted by Crippen LogP contribution is -2.45. The fraction of sp³-hybridized carbons (Fsp3) is 0.588. The Hall–Kier alpha value is -1.31. The number of fused-ring (bicyclic) bond motifs is 3. The number of allylic oxidation sites excluding steroid dienone is 1. The van der Waals surface area contributed by atoms with Crippen molar-refractivity contribution in [1.82, 2.24) is 0 Å². The molecule has 1 heterocycles. The van der Waals surface area contributed by atoms with Crippen LogP contribution < -0.4 is 0 Å². The minimum absolute atomic E-state index is 0.00556. The van der Waals surface area contributed by atoms with E-state index in [1.54, 1.807) is 0 Å². The van der Waals surface area contributed by atoms with E-state index in [0.29, 0.717) is 5.57 Å². The Kier molecular flexibility index (Phi) is 2.42. The molecule has 4 unspecified atom stereocenters. The van der Waals surface area contributed by atoms with Gasteiger partial charge in [-0.15, -0.1) is 0 Å². The first-order valence-electron chi connectivity index (χ1n) is 7.08. The largest absolute Gasteiger partial charge is 0.457 e. The zero-order valence-corrected chi connectivity index (χ0v) is 11.9. The Balaban J connectivity index is 2.17. The van der Waals surface area contributed by atoms with Gasteiger partial charge in [0.05, 0.1) is 0 Å². The molecule has 3 aliphatic rings. The summed E-state index contributed by atoms with van der Waals surface area (Å²) >= 11 is 0. The average molecular weight is 258 g/mol. The zero-order valence-electron chi connectivity index (χ0n) is 11.9. The molecule has 0 radical (unpaired) electrons. The van der Waals surface area contributed by atoms with E-state index in [2.05, 4.69) is 33.6 Å². The number of hydrogen-bond acceptors (Lipinski definition) is 2. The highest BCUT2D eigenvalue weighted by atomic mass is 16.6. The lowest BCUT2D eigenvalue weighted by Gasteiger charge is -2.45. The molecule has 0 bridgehead atoms. The predicted octanol–water partition coefficient (Wildman–Crippen LogP) is 3.80. The topological polar surface area (TPSA) is 26.3 Å². The second-order valence-electron chi connectivity index (χ2n) is 6.74. The van der Waals surface area contributed by atoms with Crippen LogP contribution >= 0.6 is 0 Å². The Bertz CT molecular complexity index is 515. The standard InChI is InChI=1S/C17H22O2/c1-10-6-7-13-12(3)15(18)19-14(13)17(5)11(2)8-9-16(10,17)4/h13-14H,1-3,6-9H2,4-5H3. The van der Waals surface area contributed by atoms with Gasteiger partial charge in [0.25, 0.3) is 0 Å². The number of rotatable bonds is 0. The number of ether oxygens (including phenoxy) is 1. The van der Waals surface area contributed by atoms with Crippen molar-refractivity contribution in [3.8, 4) is 0 Å². The van der Waals surface area contributed by atoms with Crippen molar-refractivity contribution >= 4 is 5.97 Å². The minimum atomic E-state index is -0.217. The van der Waals surface area contributed by atoms with Crippen LogP contribution in [0.15, 0.2) is 36.5 Å². The summed E-state index contributed by atoms with van der Waals surface area (Å²) in [6.07, 6.45) is 3.84. The molecular formula is C17H22O2. The zero-order chi connectivity index (χ0) is 14.0. The molecular weight excluding hydrogens is 236 g/mol. The third-order valence-electron chi connectivity index (χ3n) is 6.22. The first kappa shape index (κ1) is 12.7. The first-order chi connectivity index (χ1) is 8.82. The Labute approximate surface area is 115 Å². The van der Waals surface area contributed by atoms with Gasteiger partial charge in [-0.05, 0) is 25.7 Å². The van der Waals surface area contributed by atoms with Crippen LogP contribution in [0.2, 0.25) is 0 Å². The van der Waals surface area contributed by atoms with Crippen LogP contribution in [-0.2, 0) is 9.53 Å². The van der Waals surface area contributed by atoms with E-state index >= 15 is 0 Å². The van der Waals surface area contributed by atoms with Crippen molar-refractivity contribution in [1.29, 1.82) is 0 Å².